The van der Waals surface area contributed by atoms with Gasteiger partial charge in [0.2, 0.25) is 5.91 Å². The molecule has 2 saturated heterocycles. The van der Waals surface area contributed by atoms with Gasteiger partial charge in [-0.15, -0.1) is 0 Å². The van der Waals surface area contributed by atoms with E-state index in [2.05, 4.69) is 22.5 Å². The Morgan fingerprint density at radius 1 is 1.13 bits per heavy atom. The number of thioether (sulfide) groups is 1. The van der Waals surface area contributed by atoms with Gasteiger partial charge in [-0.3, -0.25) is 9.69 Å². The van der Waals surface area contributed by atoms with Crippen LogP contribution in [0.5, 0.6) is 0 Å². The number of aliphatic hydroxyl groups is 1. The fourth-order valence-corrected chi connectivity index (χ4v) is 7.48. The summed E-state index contributed by atoms with van der Waals surface area (Å²) in [6, 6.07) is 9.12. The van der Waals surface area contributed by atoms with E-state index < -0.39 is 18.2 Å². The summed E-state index contributed by atoms with van der Waals surface area (Å²) in [6.07, 6.45) is 5.58. The van der Waals surface area contributed by atoms with Gasteiger partial charge in [0.1, 0.15) is 6.10 Å². The maximum atomic E-state index is 13.4. The number of hydrogen-bond donors (Lipinski definition) is 3. The molecule has 3 aliphatic rings. The normalized spacial score (nSPS) is 29.7. The lowest BCUT2D eigenvalue weighted by atomic mass is 9.72. The SMILES string of the molecule is C[C@H]1SCC[C@H]1OC(=O)N[C@@H](Cc1ccccc1)[C@H](O)CN1C[C@H]2CCCC[C@H]2C[C@H]1C(=O)NC(C)(C)C. The summed E-state index contributed by atoms with van der Waals surface area (Å²) in [7, 11) is 0. The van der Waals surface area contributed by atoms with Crippen LogP contribution in [0.25, 0.3) is 0 Å². The van der Waals surface area contributed by atoms with Crippen LogP contribution in [0.2, 0.25) is 0 Å². The number of piperidine rings is 1. The molecule has 1 aromatic carbocycles. The molecule has 4 rings (SSSR count). The van der Waals surface area contributed by atoms with Crippen molar-refractivity contribution in [1.82, 2.24) is 15.5 Å². The number of rotatable bonds is 8. The van der Waals surface area contributed by atoms with E-state index in [1.54, 1.807) is 0 Å². The number of nitrogens with one attached hydrogen (secondary N) is 2. The number of benzene rings is 1. The summed E-state index contributed by atoms with van der Waals surface area (Å²) < 4.78 is 5.76. The Morgan fingerprint density at radius 2 is 1.84 bits per heavy atom. The zero-order valence-electron chi connectivity index (χ0n) is 23.5. The summed E-state index contributed by atoms with van der Waals surface area (Å²) in [4.78, 5) is 28.5. The van der Waals surface area contributed by atoms with E-state index >= 15 is 0 Å². The fourth-order valence-electron chi connectivity index (χ4n) is 6.34. The molecular weight excluding hydrogens is 498 g/mol. The third-order valence-electron chi connectivity index (χ3n) is 8.36. The van der Waals surface area contributed by atoms with Crippen LogP contribution in [-0.2, 0) is 16.0 Å². The van der Waals surface area contributed by atoms with Crippen LogP contribution in [0, 0.1) is 11.8 Å². The maximum Gasteiger partial charge on any atom is 0.407 e. The highest BCUT2D eigenvalue weighted by Gasteiger charge is 2.42. The van der Waals surface area contributed by atoms with Crippen LogP contribution >= 0.6 is 11.8 Å². The predicted molar refractivity (Wildman–Crippen MR) is 153 cm³/mol. The standard InChI is InChI=1S/C30H47N3O4S/c1-20-27(14-15-38-20)37-29(36)31-24(16-21-10-6-5-7-11-21)26(34)19-33-18-23-13-9-8-12-22(23)17-25(33)28(35)32-30(2,3)4/h5-7,10-11,20,22-27,34H,8-9,12-19H2,1-4H3,(H,31,36)(H,32,35)/t20-,22+,23-,24+,25+,26-,27-/m1/s1. The molecule has 3 fully saturated rings. The van der Waals surface area contributed by atoms with Crippen LogP contribution in [-0.4, -0.2) is 75.9 Å². The Hall–Kier alpha value is -1.77. The lowest BCUT2D eigenvalue weighted by molar-refractivity contribution is -0.132. The molecule has 1 saturated carbocycles. The van der Waals surface area contributed by atoms with Crippen molar-refractivity contribution in [3.8, 4) is 0 Å². The van der Waals surface area contributed by atoms with Crippen molar-refractivity contribution in [3.05, 3.63) is 35.9 Å². The zero-order chi connectivity index (χ0) is 27.3. The summed E-state index contributed by atoms with van der Waals surface area (Å²) in [5, 5.41) is 18.0. The second-order valence-electron chi connectivity index (χ2n) is 12.6. The number of amides is 2. The molecular formula is C30H47N3O4S. The molecule has 212 valence electrons. The van der Waals surface area contributed by atoms with Crippen molar-refractivity contribution >= 4 is 23.8 Å². The molecule has 8 heteroatoms. The van der Waals surface area contributed by atoms with Crippen LogP contribution in [0.3, 0.4) is 0 Å². The van der Waals surface area contributed by atoms with Gasteiger partial charge in [-0.05, 0) is 76.5 Å². The zero-order valence-corrected chi connectivity index (χ0v) is 24.3. The van der Waals surface area contributed by atoms with Gasteiger partial charge in [0.25, 0.3) is 0 Å². The first kappa shape index (κ1) is 29.2. The third-order valence-corrected chi connectivity index (χ3v) is 9.66. The Kier molecular flexibility index (Phi) is 10.0. The van der Waals surface area contributed by atoms with E-state index in [4.69, 9.17) is 4.74 Å². The molecule has 1 aliphatic carbocycles. The largest absolute Gasteiger partial charge is 0.445 e. The number of fused-ring (bicyclic) bond motifs is 1. The number of hydrogen-bond acceptors (Lipinski definition) is 6. The molecule has 1 aromatic rings. The van der Waals surface area contributed by atoms with Crippen molar-refractivity contribution < 1.29 is 19.4 Å². The maximum absolute atomic E-state index is 13.4. The number of carbonyl (C=O) groups is 2. The summed E-state index contributed by atoms with van der Waals surface area (Å²) >= 11 is 1.82. The minimum Gasteiger partial charge on any atom is -0.445 e. The van der Waals surface area contributed by atoms with Gasteiger partial charge < -0.3 is 20.5 Å². The quantitative estimate of drug-likeness (QED) is 0.449. The average Bonchev–Trinajstić information content (AvgIpc) is 3.26. The van der Waals surface area contributed by atoms with Gasteiger partial charge in [0, 0.05) is 23.9 Å². The topological polar surface area (TPSA) is 90.9 Å². The second kappa shape index (κ2) is 13.1. The minimum absolute atomic E-state index is 0.0356. The van der Waals surface area contributed by atoms with Crippen LogP contribution in [0.4, 0.5) is 4.79 Å². The van der Waals surface area contributed by atoms with E-state index in [0.29, 0.717) is 24.8 Å². The van der Waals surface area contributed by atoms with Crippen LogP contribution in [0.15, 0.2) is 30.3 Å². The first-order valence-electron chi connectivity index (χ1n) is 14.5. The van der Waals surface area contributed by atoms with Crippen molar-refractivity contribution in [2.75, 3.05) is 18.8 Å². The number of ether oxygens (including phenoxy) is 1. The smallest absolute Gasteiger partial charge is 0.407 e. The van der Waals surface area contributed by atoms with Crippen molar-refractivity contribution in [1.29, 1.82) is 0 Å². The van der Waals surface area contributed by atoms with Gasteiger partial charge in [-0.2, -0.15) is 11.8 Å². The Balaban J connectivity index is 1.48. The Bertz CT molecular complexity index is 924. The molecule has 0 spiro atoms. The van der Waals surface area contributed by atoms with Crippen molar-refractivity contribution in [3.63, 3.8) is 0 Å². The van der Waals surface area contributed by atoms with E-state index in [1.165, 1.54) is 25.7 Å². The first-order valence-corrected chi connectivity index (χ1v) is 15.5. The monoisotopic (exact) mass is 545 g/mol. The number of likely N-dealkylation sites (tertiary alicyclic amines) is 1. The molecule has 38 heavy (non-hydrogen) atoms. The fraction of sp³-hybridized carbons (Fsp3) is 0.733. The molecule has 2 aliphatic heterocycles. The van der Waals surface area contributed by atoms with Gasteiger partial charge in [-0.1, -0.05) is 49.6 Å². The predicted octanol–water partition coefficient (Wildman–Crippen LogP) is 4.37. The summed E-state index contributed by atoms with van der Waals surface area (Å²) in [6.45, 7) is 9.24. The number of aliphatic hydroxyl groups excluding tert-OH is 1. The van der Waals surface area contributed by atoms with E-state index in [0.717, 1.165) is 30.7 Å². The Labute approximate surface area is 232 Å². The molecule has 2 amide bonds. The second-order valence-corrected chi connectivity index (χ2v) is 14.1. The highest BCUT2D eigenvalue weighted by molar-refractivity contribution is 8.00. The summed E-state index contributed by atoms with van der Waals surface area (Å²) in [5.41, 5.74) is 0.719. The van der Waals surface area contributed by atoms with E-state index in [1.807, 2.05) is 62.9 Å². The molecule has 0 aromatic heterocycles. The van der Waals surface area contributed by atoms with Gasteiger partial charge in [0.15, 0.2) is 0 Å². The molecule has 2 heterocycles. The molecule has 0 bridgehead atoms. The highest BCUT2D eigenvalue weighted by Crippen LogP contribution is 2.39. The van der Waals surface area contributed by atoms with E-state index in [-0.39, 0.29) is 28.8 Å². The van der Waals surface area contributed by atoms with Crippen molar-refractivity contribution in [2.24, 2.45) is 11.8 Å². The lowest BCUT2D eigenvalue weighted by Crippen LogP contribution is -2.60. The molecule has 7 atom stereocenters. The molecule has 7 nitrogen and oxygen atoms in total. The van der Waals surface area contributed by atoms with Gasteiger partial charge >= 0.3 is 6.09 Å². The number of β-amino-alcohol motifs (C(OH)–C–C–N with tert-alkyl or cyclic N) is 1. The minimum atomic E-state index is -0.844. The van der Waals surface area contributed by atoms with E-state index in [9.17, 15) is 14.7 Å². The average molecular weight is 546 g/mol. The first-order chi connectivity index (χ1) is 18.1. The van der Waals surface area contributed by atoms with Crippen molar-refractivity contribution in [2.45, 2.75) is 108 Å². The molecule has 0 radical (unpaired) electrons. The molecule has 0 unspecified atom stereocenters. The lowest BCUT2D eigenvalue weighted by Gasteiger charge is -2.47. The number of alkyl carbamates (subject to hydrolysis) is 1. The van der Waals surface area contributed by atoms with Crippen LogP contribution in [0.1, 0.15) is 71.8 Å². The summed E-state index contributed by atoms with van der Waals surface area (Å²) in [5.74, 6) is 2.15. The number of nitrogens with zero attached hydrogens (tertiary/aromatic N) is 1. The Morgan fingerprint density at radius 3 is 2.50 bits per heavy atom. The van der Waals surface area contributed by atoms with Gasteiger partial charge in [-0.25, -0.2) is 4.79 Å². The van der Waals surface area contributed by atoms with Crippen LogP contribution < -0.4 is 10.6 Å². The molecule has 3 N–H and O–H groups in total. The third kappa shape index (κ3) is 8.12. The van der Waals surface area contributed by atoms with Gasteiger partial charge in [0.05, 0.1) is 18.2 Å². The number of carbonyl (C=O) groups excluding carboxylic acids is 2. The highest BCUT2D eigenvalue weighted by atomic mass is 32.2.